The number of rotatable bonds is 4. The van der Waals surface area contributed by atoms with Crippen molar-refractivity contribution in [2.24, 2.45) is 0 Å². The van der Waals surface area contributed by atoms with E-state index in [1.807, 2.05) is 28.0 Å². The minimum Gasteiger partial charge on any atom is -0.366 e. The summed E-state index contributed by atoms with van der Waals surface area (Å²) in [5.41, 5.74) is 2.39. The van der Waals surface area contributed by atoms with Crippen LogP contribution in [0.3, 0.4) is 0 Å². The van der Waals surface area contributed by atoms with Crippen LogP contribution in [-0.4, -0.2) is 41.9 Å². The van der Waals surface area contributed by atoms with E-state index in [9.17, 15) is 14.9 Å². The van der Waals surface area contributed by atoms with E-state index in [-0.39, 0.29) is 16.5 Å². The fraction of sp³-hybridized carbons (Fsp3) is 0.409. The molecule has 0 radical (unpaired) electrons. The van der Waals surface area contributed by atoms with E-state index >= 15 is 0 Å². The largest absolute Gasteiger partial charge is 0.366 e. The van der Waals surface area contributed by atoms with Gasteiger partial charge in [0.15, 0.2) is 0 Å². The summed E-state index contributed by atoms with van der Waals surface area (Å²) >= 11 is 0. The average Bonchev–Trinajstić information content (AvgIpc) is 3.28. The molecule has 2 heterocycles. The van der Waals surface area contributed by atoms with Crippen molar-refractivity contribution in [1.29, 1.82) is 0 Å². The fourth-order valence-electron chi connectivity index (χ4n) is 4.35. The highest BCUT2D eigenvalue weighted by Crippen LogP contribution is 2.33. The number of nitro groups is 1. The van der Waals surface area contributed by atoms with Crippen molar-refractivity contribution in [2.75, 3.05) is 31.1 Å². The molecule has 2 saturated heterocycles. The quantitative estimate of drug-likeness (QED) is 0.589. The second kappa shape index (κ2) is 8.00. The van der Waals surface area contributed by atoms with Crippen molar-refractivity contribution < 1.29 is 9.72 Å². The monoisotopic (exact) mass is 379 g/mol. The zero-order valence-electron chi connectivity index (χ0n) is 15.9. The number of nitrogens with zero attached hydrogens (tertiary/aromatic N) is 3. The molecule has 2 aromatic carbocycles. The van der Waals surface area contributed by atoms with Gasteiger partial charge in [0.05, 0.1) is 4.92 Å². The molecule has 1 amide bonds. The Morgan fingerprint density at radius 3 is 2.29 bits per heavy atom. The molecule has 4 rings (SSSR count). The Bertz CT molecular complexity index is 855. The zero-order chi connectivity index (χ0) is 19.5. The van der Waals surface area contributed by atoms with Gasteiger partial charge >= 0.3 is 0 Å². The Kier molecular flexibility index (Phi) is 5.28. The normalized spacial score (nSPS) is 17.7. The maximum atomic E-state index is 12.9. The number of anilines is 1. The number of carbonyl (C=O) groups is 1. The lowest BCUT2D eigenvalue weighted by Crippen LogP contribution is -2.38. The van der Waals surface area contributed by atoms with Crippen LogP contribution in [0.1, 0.15) is 47.5 Å². The topological polar surface area (TPSA) is 66.7 Å². The van der Waals surface area contributed by atoms with Gasteiger partial charge in [-0.15, -0.1) is 0 Å². The first kappa shape index (κ1) is 18.5. The molecule has 0 atom stereocenters. The van der Waals surface area contributed by atoms with Gasteiger partial charge in [-0.25, -0.2) is 0 Å². The summed E-state index contributed by atoms with van der Waals surface area (Å²) in [7, 11) is 0. The Balaban J connectivity index is 1.47. The fourth-order valence-corrected chi connectivity index (χ4v) is 4.35. The van der Waals surface area contributed by atoms with E-state index in [1.165, 1.54) is 11.6 Å². The molecular formula is C22H25N3O3. The van der Waals surface area contributed by atoms with Crippen molar-refractivity contribution >= 4 is 17.3 Å². The van der Waals surface area contributed by atoms with Crippen LogP contribution in [0, 0.1) is 10.1 Å². The molecule has 0 N–H and O–H groups in total. The Hall–Kier alpha value is -2.89. The molecule has 0 aromatic heterocycles. The van der Waals surface area contributed by atoms with Gasteiger partial charge in [0.2, 0.25) is 0 Å². The summed E-state index contributed by atoms with van der Waals surface area (Å²) in [5, 5.41) is 11.6. The Morgan fingerprint density at radius 1 is 0.964 bits per heavy atom. The van der Waals surface area contributed by atoms with E-state index in [1.54, 1.807) is 12.1 Å². The van der Waals surface area contributed by atoms with E-state index in [0.717, 1.165) is 38.8 Å². The summed E-state index contributed by atoms with van der Waals surface area (Å²) in [4.78, 5) is 28.0. The number of carbonyl (C=O) groups excluding carboxylic acids is 1. The standard InChI is InChI=1S/C22H25N3O3/c26-22(24-14-10-18(11-15-24)17-6-2-1-3-7-17)19-8-9-20(21(16-19)25(27)28)23-12-4-5-13-23/h1-3,6-9,16,18H,4-5,10-15H2. The zero-order valence-corrected chi connectivity index (χ0v) is 15.9. The van der Waals surface area contributed by atoms with Crippen LogP contribution in [0.4, 0.5) is 11.4 Å². The van der Waals surface area contributed by atoms with Crippen LogP contribution in [0.25, 0.3) is 0 Å². The molecule has 0 bridgehead atoms. The molecule has 0 spiro atoms. The molecule has 0 saturated carbocycles. The number of amides is 1. The lowest BCUT2D eigenvalue weighted by Gasteiger charge is -2.32. The molecular weight excluding hydrogens is 354 g/mol. The first-order valence-electron chi connectivity index (χ1n) is 10.0. The number of hydrogen-bond acceptors (Lipinski definition) is 4. The number of piperidine rings is 1. The third kappa shape index (κ3) is 3.72. The van der Waals surface area contributed by atoms with E-state index < -0.39 is 0 Å². The lowest BCUT2D eigenvalue weighted by atomic mass is 9.89. The molecule has 6 heteroatoms. The van der Waals surface area contributed by atoms with Crippen molar-refractivity contribution in [2.45, 2.75) is 31.6 Å². The summed E-state index contributed by atoms with van der Waals surface area (Å²) in [6, 6.07) is 15.3. The average molecular weight is 379 g/mol. The first-order valence-corrected chi connectivity index (χ1v) is 10.0. The molecule has 28 heavy (non-hydrogen) atoms. The molecule has 146 valence electrons. The number of nitro benzene ring substituents is 1. The molecule has 2 aromatic rings. The highest BCUT2D eigenvalue weighted by Gasteiger charge is 2.28. The van der Waals surface area contributed by atoms with Crippen molar-refractivity contribution in [1.82, 2.24) is 4.90 Å². The van der Waals surface area contributed by atoms with Gasteiger partial charge in [-0.05, 0) is 49.3 Å². The molecule has 2 fully saturated rings. The molecule has 2 aliphatic rings. The molecule has 2 aliphatic heterocycles. The van der Waals surface area contributed by atoms with Crippen molar-refractivity contribution in [3.05, 3.63) is 69.8 Å². The van der Waals surface area contributed by atoms with Crippen molar-refractivity contribution in [3.8, 4) is 0 Å². The van der Waals surface area contributed by atoms with Crippen LogP contribution in [0.15, 0.2) is 48.5 Å². The van der Waals surface area contributed by atoms with Crippen LogP contribution in [0.2, 0.25) is 0 Å². The Labute approximate surface area is 164 Å². The maximum absolute atomic E-state index is 12.9. The number of hydrogen-bond donors (Lipinski definition) is 0. The van der Waals surface area contributed by atoms with Gasteiger partial charge in [0.1, 0.15) is 5.69 Å². The smallest absolute Gasteiger partial charge is 0.293 e. The van der Waals surface area contributed by atoms with Gasteiger partial charge in [-0.1, -0.05) is 30.3 Å². The second-order valence-corrected chi connectivity index (χ2v) is 7.63. The second-order valence-electron chi connectivity index (χ2n) is 7.63. The highest BCUT2D eigenvalue weighted by molar-refractivity contribution is 5.96. The molecule has 6 nitrogen and oxygen atoms in total. The van der Waals surface area contributed by atoms with Gasteiger partial charge in [0, 0.05) is 37.8 Å². The van der Waals surface area contributed by atoms with Gasteiger partial charge in [0.25, 0.3) is 11.6 Å². The molecule has 0 unspecified atom stereocenters. The SMILES string of the molecule is O=C(c1ccc(N2CCCC2)c([N+](=O)[O-])c1)N1CCC(c2ccccc2)CC1. The first-order chi connectivity index (χ1) is 13.6. The minimum absolute atomic E-state index is 0.0342. The third-order valence-corrected chi connectivity index (χ3v) is 5.92. The number of likely N-dealkylation sites (tertiary alicyclic amines) is 1. The van der Waals surface area contributed by atoms with Crippen molar-refractivity contribution in [3.63, 3.8) is 0 Å². The maximum Gasteiger partial charge on any atom is 0.293 e. The van der Waals surface area contributed by atoms with E-state index in [2.05, 4.69) is 12.1 Å². The summed E-state index contributed by atoms with van der Waals surface area (Å²) in [6.07, 6.45) is 3.94. The predicted octanol–water partition coefficient (Wildman–Crippen LogP) is 4.21. The summed E-state index contributed by atoms with van der Waals surface area (Å²) in [5.74, 6) is 0.361. The number of benzene rings is 2. The summed E-state index contributed by atoms with van der Waals surface area (Å²) < 4.78 is 0. The van der Waals surface area contributed by atoms with Crippen LogP contribution in [-0.2, 0) is 0 Å². The predicted molar refractivity (Wildman–Crippen MR) is 109 cm³/mol. The van der Waals surface area contributed by atoms with E-state index in [4.69, 9.17) is 0 Å². The summed E-state index contributed by atoms with van der Waals surface area (Å²) in [6.45, 7) is 3.03. The van der Waals surface area contributed by atoms with Crippen LogP contribution in [0.5, 0.6) is 0 Å². The van der Waals surface area contributed by atoms with Crippen LogP contribution < -0.4 is 4.90 Å². The molecule has 0 aliphatic carbocycles. The Morgan fingerprint density at radius 2 is 1.64 bits per heavy atom. The van der Waals surface area contributed by atoms with Gasteiger partial charge in [-0.3, -0.25) is 14.9 Å². The van der Waals surface area contributed by atoms with Crippen LogP contribution >= 0.6 is 0 Å². The highest BCUT2D eigenvalue weighted by atomic mass is 16.6. The van der Waals surface area contributed by atoms with Gasteiger partial charge in [-0.2, -0.15) is 0 Å². The van der Waals surface area contributed by atoms with Gasteiger partial charge < -0.3 is 9.80 Å². The third-order valence-electron chi connectivity index (χ3n) is 5.92. The minimum atomic E-state index is -0.369. The lowest BCUT2D eigenvalue weighted by molar-refractivity contribution is -0.384. The van der Waals surface area contributed by atoms with E-state index in [0.29, 0.717) is 30.3 Å².